The van der Waals surface area contributed by atoms with E-state index in [-0.39, 0.29) is 6.10 Å². The highest BCUT2D eigenvalue weighted by atomic mass is 16.6. The van der Waals surface area contributed by atoms with Crippen LogP contribution in [-0.2, 0) is 20.7 Å². The molecule has 1 aliphatic rings. The first-order valence-electron chi connectivity index (χ1n) is 4.77. The van der Waals surface area contributed by atoms with Crippen LogP contribution in [0.5, 0.6) is 0 Å². The zero-order valence-corrected chi connectivity index (χ0v) is 8.18. The van der Waals surface area contributed by atoms with Gasteiger partial charge in [-0.1, -0.05) is 0 Å². The molecular weight excluding hydrogens is 198 g/mol. The standard InChI is InChI=1S/C9H13N3O3/c10-8(1-6-2-11-5-12-6)9(13)15-4-7-3-14-7/h2,5,7-8H,1,3-4,10H2,(H,11,12). The number of hydrogen-bond acceptors (Lipinski definition) is 5. The van der Waals surface area contributed by atoms with Crippen LogP contribution in [0.15, 0.2) is 12.5 Å². The van der Waals surface area contributed by atoms with Gasteiger partial charge in [-0.3, -0.25) is 4.79 Å². The maximum atomic E-state index is 11.4. The minimum Gasteiger partial charge on any atom is -0.462 e. The maximum absolute atomic E-state index is 11.4. The minimum absolute atomic E-state index is 0.0771. The third kappa shape index (κ3) is 3.03. The highest BCUT2D eigenvalue weighted by Crippen LogP contribution is 2.09. The fourth-order valence-electron chi connectivity index (χ4n) is 1.16. The van der Waals surface area contributed by atoms with Crippen molar-refractivity contribution in [2.45, 2.75) is 18.6 Å². The van der Waals surface area contributed by atoms with Gasteiger partial charge in [0.25, 0.3) is 0 Å². The smallest absolute Gasteiger partial charge is 0.323 e. The highest BCUT2D eigenvalue weighted by molar-refractivity contribution is 5.75. The molecule has 1 aliphatic heterocycles. The fraction of sp³-hybridized carbons (Fsp3) is 0.556. The molecule has 2 heterocycles. The summed E-state index contributed by atoms with van der Waals surface area (Å²) in [5, 5.41) is 0. The zero-order chi connectivity index (χ0) is 10.7. The number of rotatable bonds is 5. The van der Waals surface area contributed by atoms with Crippen molar-refractivity contribution in [1.82, 2.24) is 9.97 Å². The molecule has 1 fully saturated rings. The number of aromatic nitrogens is 2. The molecule has 1 saturated heterocycles. The third-order valence-corrected chi connectivity index (χ3v) is 2.11. The van der Waals surface area contributed by atoms with Gasteiger partial charge in [-0.25, -0.2) is 4.98 Å². The highest BCUT2D eigenvalue weighted by Gasteiger charge is 2.25. The number of epoxide rings is 1. The number of H-pyrrole nitrogens is 1. The number of hydrogen-bond donors (Lipinski definition) is 2. The summed E-state index contributed by atoms with van der Waals surface area (Å²) in [6, 6.07) is -0.649. The Morgan fingerprint density at radius 2 is 2.67 bits per heavy atom. The van der Waals surface area contributed by atoms with Crippen molar-refractivity contribution in [3.63, 3.8) is 0 Å². The van der Waals surface area contributed by atoms with Crippen LogP contribution in [0.4, 0.5) is 0 Å². The van der Waals surface area contributed by atoms with Crippen molar-refractivity contribution in [2.75, 3.05) is 13.2 Å². The molecule has 2 atom stereocenters. The number of carbonyl (C=O) groups is 1. The van der Waals surface area contributed by atoms with Gasteiger partial charge in [0.05, 0.1) is 12.9 Å². The van der Waals surface area contributed by atoms with Crippen molar-refractivity contribution in [1.29, 1.82) is 0 Å². The Morgan fingerprint density at radius 1 is 1.87 bits per heavy atom. The lowest BCUT2D eigenvalue weighted by Crippen LogP contribution is -2.35. The van der Waals surface area contributed by atoms with E-state index in [4.69, 9.17) is 15.2 Å². The van der Waals surface area contributed by atoms with E-state index in [0.29, 0.717) is 19.6 Å². The van der Waals surface area contributed by atoms with Gasteiger partial charge in [-0.2, -0.15) is 0 Å². The summed E-state index contributed by atoms with van der Waals surface area (Å²) >= 11 is 0. The molecule has 1 aromatic rings. The minimum atomic E-state index is -0.649. The van der Waals surface area contributed by atoms with Gasteiger partial charge in [0, 0.05) is 18.3 Å². The maximum Gasteiger partial charge on any atom is 0.323 e. The average molecular weight is 211 g/mol. The van der Waals surface area contributed by atoms with E-state index in [2.05, 4.69) is 9.97 Å². The van der Waals surface area contributed by atoms with Crippen LogP contribution in [0.3, 0.4) is 0 Å². The van der Waals surface area contributed by atoms with Gasteiger partial charge < -0.3 is 20.2 Å². The topological polar surface area (TPSA) is 93.5 Å². The lowest BCUT2D eigenvalue weighted by Gasteiger charge is -2.09. The number of nitrogens with zero attached hydrogens (tertiary/aromatic N) is 1. The summed E-state index contributed by atoms with van der Waals surface area (Å²) in [5.41, 5.74) is 6.47. The van der Waals surface area contributed by atoms with Crippen LogP contribution in [0.25, 0.3) is 0 Å². The number of imidazole rings is 1. The van der Waals surface area contributed by atoms with E-state index in [1.807, 2.05) is 0 Å². The molecule has 15 heavy (non-hydrogen) atoms. The molecule has 1 aromatic heterocycles. The predicted molar refractivity (Wildman–Crippen MR) is 51.0 cm³/mol. The van der Waals surface area contributed by atoms with Gasteiger partial charge in [0.15, 0.2) is 0 Å². The van der Waals surface area contributed by atoms with Crippen molar-refractivity contribution in [3.8, 4) is 0 Å². The molecule has 0 amide bonds. The largest absolute Gasteiger partial charge is 0.462 e. The van der Waals surface area contributed by atoms with Crippen LogP contribution in [-0.4, -0.2) is 41.3 Å². The molecule has 0 aliphatic carbocycles. The summed E-state index contributed by atoms with van der Waals surface area (Å²) in [6.45, 7) is 0.971. The summed E-state index contributed by atoms with van der Waals surface area (Å²) in [6.07, 6.45) is 3.67. The molecule has 82 valence electrons. The molecule has 0 spiro atoms. The molecule has 2 unspecified atom stereocenters. The number of carbonyl (C=O) groups excluding carboxylic acids is 1. The lowest BCUT2D eigenvalue weighted by atomic mass is 10.2. The van der Waals surface area contributed by atoms with Crippen LogP contribution in [0.1, 0.15) is 5.69 Å². The molecule has 0 radical (unpaired) electrons. The van der Waals surface area contributed by atoms with E-state index < -0.39 is 12.0 Å². The summed E-state index contributed by atoms with van der Waals surface area (Å²) in [4.78, 5) is 18.1. The van der Waals surface area contributed by atoms with Crippen molar-refractivity contribution in [3.05, 3.63) is 18.2 Å². The monoisotopic (exact) mass is 211 g/mol. The normalized spacial score (nSPS) is 21.0. The Morgan fingerprint density at radius 3 is 3.27 bits per heavy atom. The first-order chi connectivity index (χ1) is 7.25. The quantitative estimate of drug-likeness (QED) is 0.492. The van der Waals surface area contributed by atoms with Crippen LogP contribution in [0, 0.1) is 0 Å². The molecule has 0 aromatic carbocycles. The molecule has 0 saturated carbocycles. The van der Waals surface area contributed by atoms with E-state index in [1.165, 1.54) is 0 Å². The number of nitrogens with one attached hydrogen (secondary N) is 1. The molecule has 2 rings (SSSR count). The number of esters is 1. The van der Waals surface area contributed by atoms with E-state index in [0.717, 1.165) is 5.69 Å². The SMILES string of the molecule is NC(Cc1cnc[nH]1)C(=O)OCC1CO1. The second kappa shape index (κ2) is 4.41. The lowest BCUT2D eigenvalue weighted by molar-refractivity contribution is -0.145. The average Bonchev–Trinajstić information content (AvgIpc) is 2.92. The van der Waals surface area contributed by atoms with Crippen LogP contribution >= 0.6 is 0 Å². The van der Waals surface area contributed by atoms with Gasteiger partial charge in [-0.15, -0.1) is 0 Å². The summed E-state index contributed by atoms with van der Waals surface area (Å²) in [7, 11) is 0. The van der Waals surface area contributed by atoms with Crippen LogP contribution < -0.4 is 5.73 Å². The number of aromatic amines is 1. The number of nitrogens with two attached hydrogens (primary N) is 1. The van der Waals surface area contributed by atoms with Crippen LogP contribution in [0.2, 0.25) is 0 Å². The molecule has 6 heteroatoms. The fourth-order valence-corrected chi connectivity index (χ4v) is 1.16. The third-order valence-electron chi connectivity index (χ3n) is 2.11. The Hall–Kier alpha value is -1.40. The number of ether oxygens (including phenoxy) is 2. The second-order valence-corrected chi connectivity index (χ2v) is 3.47. The first-order valence-corrected chi connectivity index (χ1v) is 4.77. The Balaban J connectivity index is 1.73. The van der Waals surface area contributed by atoms with Gasteiger partial charge in [0.1, 0.15) is 18.8 Å². The van der Waals surface area contributed by atoms with Crippen molar-refractivity contribution in [2.24, 2.45) is 5.73 Å². The molecule has 0 bridgehead atoms. The van der Waals surface area contributed by atoms with Crippen molar-refractivity contribution < 1.29 is 14.3 Å². The van der Waals surface area contributed by atoms with Gasteiger partial charge >= 0.3 is 5.97 Å². The Labute approximate surface area is 86.8 Å². The zero-order valence-electron chi connectivity index (χ0n) is 8.18. The van der Waals surface area contributed by atoms with E-state index in [9.17, 15) is 4.79 Å². The van der Waals surface area contributed by atoms with E-state index >= 15 is 0 Å². The second-order valence-electron chi connectivity index (χ2n) is 3.47. The Bertz CT molecular complexity index is 321. The summed E-state index contributed by atoms with van der Waals surface area (Å²) in [5.74, 6) is -0.403. The molecular formula is C9H13N3O3. The summed E-state index contributed by atoms with van der Waals surface area (Å²) < 4.78 is 9.86. The molecule has 6 nitrogen and oxygen atoms in total. The Kier molecular flexibility index (Phi) is 2.98. The predicted octanol–water partition coefficient (Wildman–Crippen LogP) is -0.779. The van der Waals surface area contributed by atoms with Gasteiger partial charge in [-0.05, 0) is 0 Å². The van der Waals surface area contributed by atoms with Gasteiger partial charge in [0.2, 0.25) is 0 Å². The molecule has 3 N–H and O–H groups in total. The first kappa shape index (κ1) is 10.1. The van der Waals surface area contributed by atoms with E-state index in [1.54, 1.807) is 12.5 Å². The van der Waals surface area contributed by atoms with Crippen molar-refractivity contribution >= 4 is 5.97 Å².